The lowest BCUT2D eigenvalue weighted by Gasteiger charge is -2.09. The molecule has 0 atom stereocenters. The van der Waals surface area contributed by atoms with Crippen molar-refractivity contribution < 1.29 is 31.5 Å². The maximum absolute atomic E-state index is 12.6. The number of hydrogen-bond donors (Lipinski definition) is 2. The second kappa shape index (κ2) is 7.74. The smallest absolute Gasteiger partial charge is 0.416 e. The van der Waals surface area contributed by atoms with Gasteiger partial charge in [0.15, 0.2) is 15.4 Å². The normalized spacial score (nSPS) is 12.7. The van der Waals surface area contributed by atoms with Gasteiger partial charge in [0.25, 0.3) is 5.91 Å². The van der Waals surface area contributed by atoms with Crippen LogP contribution in [0.1, 0.15) is 11.1 Å². The topological polar surface area (TPSA) is 107 Å². The first-order valence-electron chi connectivity index (χ1n) is 7.56. The molecule has 2 aromatic carbocycles. The number of amides is 1. The van der Waals surface area contributed by atoms with Gasteiger partial charge >= 0.3 is 6.18 Å². The summed E-state index contributed by atoms with van der Waals surface area (Å²) in [6, 6.07) is 9.86. The van der Waals surface area contributed by atoms with E-state index in [0.29, 0.717) is 12.1 Å². The monoisotopic (exact) mass is 410 g/mol. The largest absolute Gasteiger partial charge is 0.506 e. The standard InChI is InChI=1S/C18H13F3N2O4S/c1-28(26,27)14-8-6-13(7-9-14)23-17(25)15(10-22)16(24)11-2-4-12(5-3-11)18(19,20)21/h2-9,24H,1H3,(H,23,25)/b16-15-. The van der Waals surface area contributed by atoms with Gasteiger partial charge in [-0.2, -0.15) is 18.4 Å². The fraction of sp³-hybridized carbons (Fsp3) is 0.111. The minimum Gasteiger partial charge on any atom is -0.506 e. The van der Waals surface area contributed by atoms with Gasteiger partial charge in [0.2, 0.25) is 0 Å². The Morgan fingerprint density at radius 3 is 2.04 bits per heavy atom. The zero-order chi connectivity index (χ0) is 21.1. The Morgan fingerprint density at radius 2 is 1.61 bits per heavy atom. The number of nitrogens with zero attached hydrogens (tertiary/aromatic N) is 1. The molecule has 0 aliphatic rings. The highest BCUT2D eigenvalue weighted by Crippen LogP contribution is 2.30. The van der Waals surface area contributed by atoms with Crippen molar-refractivity contribution in [1.82, 2.24) is 0 Å². The van der Waals surface area contributed by atoms with Crippen molar-refractivity contribution in [1.29, 1.82) is 5.26 Å². The molecule has 0 heterocycles. The maximum atomic E-state index is 12.6. The minimum absolute atomic E-state index is 0.0224. The molecule has 0 bridgehead atoms. The summed E-state index contributed by atoms with van der Waals surface area (Å²) in [6.45, 7) is 0. The zero-order valence-electron chi connectivity index (χ0n) is 14.3. The van der Waals surface area contributed by atoms with E-state index in [-0.39, 0.29) is 16.1 Å². The number of anilines is 1. The van der Waals surface area contributed by atoms with Crippen LogP contribution in [0.15, 0.2) is 59.0 Å². The van der Waals surface area contributed by atoms with Gasteiger partial charge in [-0.1, -0.05) is 12.1 Å². The van der Waals surface area contributed by atoms with Crippen molar-refractivity contribution in [3.05, 3.63) is 65.2 Å². The molecule has 0 aliphatic heterocycles. The summed E-state index contributed by atoms with van der Waals surface area (Å²) in [5, 5.41) is 21.6. The minimum atomic E-state index is -4.56. The van der Waals surface area contributed by atoms with Crippen LogP contribution in [-0.2, 0) is 20.8 Å². The molecule has 2 aromatic rings. The molecule has 28 heavy (non-hydrogen) atoms. The highest BCUT2D eigenvalue weighted by Gasteiger charge is 2.30. The van der Waals surface area contributed by atoms with Crippen LogP contribution in [0.25, 0.3) is 5.76 Å². The number of benzene rings is 2. The van der Waals surface area contributed by atoms with Crippen LogP contribution in [-0.4, -0.2) is 25.7 Å². The van der Waals surface area contributed by atoms with Crippen molar-refractivity contribution in [2.24, 2.45) is 0 Å². The van der Waals surface area contributed by atoms with Crippen LogP contribution >= 0.6 is 0 Å². The van der Waals surface area contributed by atoms with E-state index >= 15 is 0 Å². The number of carbonyl (C=O) groups is 1. The van der Waals surface area contributed by atoms with Crippen LogP contribution < -0.4 is 5.32 Å². The molecule has 0 spiro atoms. The number of aliphatic hydroxyl groups is 1. The van der Waals surface area contributed by atoms with Gasteiger partial charge in [0.05, 0.1) is 10.5 Å². The van der Waals surface area contributed by atoms with Crippen LogP contribution in [0.3, 0.4) is 0 Å². The number of aliphatic hydroxyl groups excluding tert-OH is 1. The van der Waals surface area contributed by atoms with Gasteiger partial charge in [-0.15, -0.1) is 0 Å². The number of alkyl halides is 3. The molecule has 1 amide bonds. The maximum Gasteiger partial charge on any atom is 0.416 e. The van der Waals surface area contributed by atoms with E-state index in [0.717, 1.165) is 18.4 Å². The Hall–Kier alpha value is -3.32. The lowest BCUT2D eigenvalue weighted by molar-refractivity contribution is -0.137. The Kier molecular flexibility index (Phi) is 5.80. The van der Waals surface area contributed by atoms with Crippen molar-refractivity contribution in [3.63, 3.8) is 0 Å². The molecule has 0 fully saturated rings. The summed E-state index contributed by atoms with van der Waals surface area (Å²) in [7, 11) is -3.43. The molecule has 2 rings (SSSR count). The van der Waals surface area contributed by atoms with E-state index in [1.165, 1.54) is 30.3 Å². The summed E-state index contributed by atoms with van der Waals surface area (Å²) in [6.07, 6.45) is -3.55. The summed E-state index contributed by atoms with van der Waals surface area (Å²) >= 11 is 0. The van der Waals surface area contributed by atoms with E-state index < -0.39 is 38.8 Å². The number of halogens is 3. The van der Waals surface area contributed by atoms with Crippen molar-refractivity contribution >= 4 is 27.2 Å². The third kappa shape index (κ3) is 4.89. The Bertz CT molecular complexity index is 1070. The molecule has 0 radical (unpaired) electrons. The lowest BCUT2D eigenvalue weighted by atomic mass is 10.1. The van der Waals surface area contributed by atoms with E-state index in [1.54, 1.807) is 0 Å². The predicted octanol–water partition coefficient (Wildman–Crippen LogP) is 3.54. The summed E-state index contributed by atoms with van der Waals surface area (Å²) in [5.74, 6) is -1.80. The average molecular weight is 410 g/mol. The molecule has 0 aromatic heterocycles. The molecule has 2 N–H and O–H groups in total. The highest BCUT2D eigenvalue weighted by atomic mass is 32.2. The second-order valence-corrected chi connectivity index (χ2v) is 7.68. The Balaban J connectivity index is 2.28. The summed E-state index contributed by atoms with van der Waals surface area (Å²) in [4.78, 5) is 12.2. The van der Waals surface area contributed by atoms with E-state index in [2.05, 4.69) is 5.32 Å². The van der Waals surface area contributed by atoms with Crippen LogP contribution in [0.2, 0.25) is 0 Å². The van der Waals surface area contributed by atoms with Gasteiger partial charge in [-0.05, 0) is 36.4 Å². The van der Waals surface area contributed by atoms with E-state index in [9.17, 15) is 31.5 Å². The SMILES string of the molecule is CS(=O)(=O)c1ccc(NC(=O)/C(C#N)=C(\O)c2ccc(C(F)(F)F)cc2)cc1. The first-order valence-corrected chi connectivity index (χ1v) is 9.45. The first-order chi connectivity index (χ1) is 12.9. The third-order valence-electron chi connectivity index (χ3n) is 3.60. The van der Waals surface area contributed by atoms with Crippen molar-refractivity contribution in [3.8, 4) is 6.07 Å². The number of rotatable bonds is 4. The number of nitriles is 1. The van der Waals surface area contributed by atoms with Crippen LogP contribution in [0, 0.1) is 11.3 Å². The van der Waals surface area contributed by atoms with Gasteiger partial charge in [0.1, 0.15) is 11.8 Å². The molecule has 10 heteroatoms. The lowest BCUT2D eigenvalue weighted by Crippen LogP contribution is -2.15. The van der Waals surface area contributed by atoms with Crippen molar-refractivity contribution in [2.45, 2.75) is 11.1 Å². The van der Waals surface area contributed by atoms with Gasteiger partial charge < -0.3 is 10.4 Å². The van der Waals surface area contributed by atoms with Gasteiger partial charge in [-0.25, -0.2) is 8.42 Å². The molecule has 6 nitrogen and oxygen atoms in total. The number of nitrogens with one attached hydrogen (secondary N) is 1. The molecule has 146 valence electrons. The molecule has 0 aliphatic carbocycles. The molecule has 0 saturated carbocycles. The quantitative estimate of drug-likeness (QED) is 0.455. The fourth-order valence-corrected chi connectivity index (χ4v) is 2.78. The van der Waals surface area contributed by atoms with E-state index in [1.807, 2.05) is 0 Å². The summed E-state index contributed by atoms with van der Waals surface area (Å²) < 4.78 is 60.6. The number of carbonyl (C=O) groups excluding carboxylic acids is 1. The predicted molar refractivity (Wildman–Crippen MR) is 94.8 cm³/mol. The van der Waals surface area contributed by atoms with Crippen molar-refractivity contribution in [2.75, 3.05) is 11.6 Å². The molecular weight excluding hydrogens is 397 g/mol. The highest BCUT2D eigenvalue weighted by molar-refractivity contribution is 7.90. The second-order valence-electron chi connectivity index (χ2n) is 5.66. The molecule has 0 unspecified atom stereocenters. The Morgan fingerprint density at radius 1 is 1.07 bits per heavy atom. The van der Waals surface area contributed by atoms with Crippen LogP contribution in [0.5, 0.6) is 0 Å². The van der Waals surface area contributed by atoms with Gasteiger partial charge in [-0.3, -0.25) is 4.79 Å². The first kappa shape index (κ1) is 21.0. The van der Waals surface area contributed by atoms with Crippen LogP contribution in [0.4, 0.5) is 18.9 Å². The molecular formula is C18H13F3N2O4S. The number of sulfone groups is 1. The molecule has 0 saturated heterocycles. The fourth-order valence-electron chi connectivity index (χ4n) is 2.15. The number of hydrogen-bond acceptors (Lipinski definition) is 5. The third-order valence-corrected chi connectivity index (χ3v) is 4.73. The Labute approximate surface area is 158 Å². The van der Waals surface area contributed by atoms with E-state index in [4.69, 9.17) is 5.26 Å². The zero-order valence-corrected chi connectivity index (χ0v) is 15.1. The van der Waals surface area contributed by atoms with Gasteiger partial charge in [0, 0.05) is 17.5 Å². The summed E-state index contributed by atoms with van der Waals surface area (Å²) in [5.41, 5.74) is -1.65. The average Bonchev–Trinajstić information content (AvgIpc) is 2.61.